The van der Waals surface area contributed by atoms with Crippen LogP contribution in [0.4, 0.5) is 4.39 Å². The largest absolute Gasteiger partial charge is 0.243 e. The minimum atomic E-state index is -3.83. The molecule has 0 aliphatic rings. The SMILES string of the molecule is CC(Cl)CNS(=O)(=O)c1ccc(Br)cc1F. The number of nitrogens with one attached hydrogen (secondary N) is 1. The van der Waals surface area contributed by atoms with Crippen molar-refractivity contribution in [2.24, 2.45) is 0 Å². The Bertz CT molecular complexity index is 478. The first-order chi connectivity index (χ1) is 7.33. The topological polar surface area (TPSA) is 46.2 Å². The quantitative estimate of drug-likeness (QED) is 0.862. The lowest BCUT2D eigenvalue weighted by atomic mass is 10.3. The highest BCUT2D eigenvalue weighted by atomic mass is 79.9. The van der Waals surface area contributed by atoms with Gasteiger partial charge in [0.2, 0.25) is 10.0 Å². The molecular formula is C9H10BrClFNO2S. The van der Waals surface area contributed by atoms with E-state index in [1.807, 2.05) is 0 Å². The van der Waals surface area contributed by atoms with E-state index in [4.69, 9.17) is 11.6 Å². The van der Waals surface area contributed by atoms with E-state index < -0.39 is 15.8 Å². The summed E-state index contributed by atoms with van der Waals surface area (Å²) >= 11 is 8.66. The van der Waals surface area contributed by atoms with Gasteiger partial charge >= 0.3 is 0 Å². The molecule has 0 spiro atoms. The Kier molecular flexibility index (Phi) is 4.73. The van der Waals surface area contributed by atoms with Crippen molar-refractivity contribution < 1.29 is 12.8 Å². The van der Waals surface area contributed by atoms with E-state index in [1.165, 1.54) is 12.1 Å². The van der Waals surface area contributed by atoms with Gasteiger partial charge in [0.05, 0.1) is 0 Å². The van der Waals surface area contributed by atoms with Crippen LogP contribution in [-0.4, -0.2) is 20.3 Å². The Morgan fingerprint density at radius 3 is 2.69 bits per heavy atom. The third-order valence-electron chi connectivity index (χ3n) is 1.74. The minimum Gasteiger partial charge on any atom is -0.210 e. The van der Waals surface area contributed by atoms with E-state index in [2.05, 4.69) is 20.7 Å². The average Bonchev–Trinajstić information content (AvgIpc) is 2.14. The maximum atomic E-state index is 13.4. The molecule has 0 amide bonds. The minimum absolute atomic E-state index is 0.0550. The van der Waals surface area contributed by atoms with Crippen molar-refractivity contribution in [3.8, 4) is 0 Å². The van der Waals surface area contributed by atoms with Gasteiger partial charge in [-0.2, -0.15) is 0 Å². The summed E-state index contributed by atoms with van der Waals surface area (Å²) in [4.78, 5) is -0.381. The van der Waals surface area contributed by atoms with Crippen LogP contribution in [0.3, 0.4) is 0 Å². The van der Waals surface area contributed by atoms with Crippen molar-refractivity contribution in [1.82, 2.24) is 4.72 Å². The highest BCUT2D eigenvalue weighted by molar-refractivity contribution is 9.10. The van der Waals surface area contributed by atoms with Gasteiger partial charge in [0, 0.05) is 16.4 Å². The monoisotopic (exact) mass is 329 g/mol. The Morgan fingerprint density at radius 1 is 1.56 bits per heavy atom. The zero-order valence-electron chi connectivity index (χ0n) is 8.38. The molecule has 0 saturated carbocycles. The van der Waals surface area contributed by atoms with Crippen molar-refractivity contribution in [3.63, 3.8) is 0 Å². The molecule has 1 aromatic carbocycles. The molecule has 0 heterocycles. The third-order valence-corrected chi connectivity index (χ3v) is 3.84. The Labute approximate surface area is 107 Å². The first-order valence-corrected chi connectivity index (χ1v) is 7.13. The molecular weight excluding hydrogens is 321 g/mol. The van der Waals surface area contributed by atoms with Crippen molar-refractivity contribution in [3.05, 3.63) is 28.5 Å². The molecule has 3 nitrogen and oxygen atoms in total. The summed E-state index contributed by atoms with van der Waals surface area (Å²) in [6, 6.07) is 3.75. The number of hydrogen-bond donors (Lipinski definition) is 1. The van der Waals surface area contributed by atoms with Crippen LogP contribution in [0.15, 0.2) is 27.6 Å². The lowest BCUT2D eigenvalue weighted by molar-refractivity contribution is 0.556. The van der Waals surface area contributed by atoms with Crippen molar-refractivity contribution in [2.75, 3.05) is 6.54 Å². The number of halogens is 3. The fourth-order valence-electron chi connectivity index (χ4n) is 0.995. The predicted octanol–water partition coefficient (Wildman–Crippen LogP) is 2.49. The van der Waals surface area contributed by atoms with E-state index in [-0.39, 0.29) is 16.8 Å². The van der Waals surface area contributed by atoms with Gasteiger partial charge < -0.3 is 0 Å². The normalized spacial score (nSPS) is 13.8. The highest BCUT2D eigenvalue weighted by Gasteiger charge is 2.19. The zero-order chi connectivity index (χ0) is 12.3. The van der Waals surface area contributed by atoms with E-state index in [0.717, 1.165) is 6.07 Å². The van der Waals surface area contributed by atoms with Gasteiger partial charge in [-0.15, -0.1) is 11.6 Å². The molecule has 90 valence electrons. The Balaban J connectivity index is 2.99. The highest BCUT2D eigenvalue weighted by Crippen LogP contribution is 2.19. The molecule has 1 unspecified atom stereocenters. The van der Waals surface area contributed by atoms with Crippen LogP contribution < -0.4 is 4.72 Å². The van der Waals surface area contributed by atoms with E-state index in [0.29, 0.717) is 4.47 Å². The van der Waals surface area contributed by atoms with Crippen molar-refractivity contribution in [2.45, 2.75) is 17.2 Å². The van der Waals surface area contributed by atoms with Gasteiger partial charge in [0.25, 0.3) is 0 Å². The molecule has 1 aromatic rings. The predicted molar refractivity (Wildman–Crippen MR) is 64.6 cm³/mol. The van der Waals surface area contributed by atoms with Crippen LogP contribution in [0.25, 0.3) is 0 Å². The molecule has 0 saturated heterocycles. The second-order valence-corrected chi connectivity index (χ2v) is 6.60. The first kappa shape index (κ1) is 13.9. The van der Waals surface area contributed by atoms with Gasteiger partial charge in [0.1, 0.15) is 10.7 Å². The first-order valence-electron chi connectivity index (χ1n) is 4.41. The number of hydrogen-bond acceptors (Lipinski definition) is 2. The van der Waals surface area contributed by atoms with Gasteiger partial charge in [-0.1, -0.05) is 15.9 Å². The summed E-state index contributed by atoms with van der Waals surface area (Å²) in [7, 11) is -3.83. The molecule has 0 aliphatic heterocycles. The summed E-state index contributed by atoms with van der Waals surface area (Å²) in [6.45, 7) is 1.70. The van der Waals surface area contributed by atoms with Crippen molar-refractivity contribution >= 4 is 37.6 Å². The molecule has 16 heavy (non-hydrogen) atoms. The van der Waals surface area contributed by atoms with Crippen LogP contribution in [0.1, 0.15) is 6.92 Å². The summed E-state index contributed by atoms with van der Waals surface area (Å²) in [5, 5.41) is -0.353. The zero-order valence-corrected chi connectivity index (χ0v) is 11.5. The van der Waals surface area contributed by atoms with E-state index in [9.17, 15) is 12.8 Å². The second-order valence-electron chi connectivity index (χ2n) is 3.21. The van der Waals surface area contributed by atoms with Gasteiger partial charge in [0.15, 0.2) is 0 Å². The second kappa shape index (κ2) is 5.44. The van der Waals surface area contributed by atoms with Gasteiger partial charge in [-0.05, 0) is 25.1 Å². The summed E-state index contributed by atoms with van der Waals surface area (Å²) in [5.74, 6) is -0.802. The van der Waals surface area contributed by atoms with Gasteiger partial charge in [-0.25, -0.2) is 17.5 Å². The summed E-state index contributed by atoms with van der Waals surface area (Å²) in [5.41, 5.74) is 0. The van der Waals surface area contributed by atoms with Crippen LogP contribution in [0, 0.1) is 5.82 Å². The van der Waals surface area contributed by atoms with Crippen LogP contribution in [-0.2, 0) is 10.0 Å². The molecule has 1 atom stereocenters. The standard InChI is InChI=1S/C9H10BrClFNO2S/c1-6(11)5-13-16(14,15)9-3-2-7(10)4-8(9)12/h2-4,6,13H,5H2,1H3. The number of sulfonamides is 1. The van der Waals surface area contributed by atoms with Crippen molar-refractivity contribution in [1.29, 1.82) is 0 Å². The fraction of sp³-hybridized carbons (Fsp3) is 0.333. The lowest BCUT2D eigenvalue weighted by Crippen LogP contribution is -2.29. The number of alkyl halides is 1. The molecule has 0 aliphatic carbocycles. The summed E-state index contributed by atoms with van der Waals surface area (Å²) < 4.78 is 39.4. The molecule has 0 radical (unpaired) electrons. The third kappa shape index (κ3) is 3.69. The molecule has 7 heteroatoms. The van der Waals surface area contributed by atoms with E-state index in [1.54, 1.807) is 6.92 Å². The van der Waals surface area contributed by atoms with Crippen LogP contribution in [0.5, 0.6) is 0 Å². The number of benzene rings is 1. The maximum absolute atomic E-state index is 13.4. The molecule has 0 bridgehead atoms. The van der Waals surface area contributed by atoms with Crippen LogP contribution >= 0.6 is 27.5 Å². The maximum Gasteiger partial charge on any atom is 0.243 e. The van der Waals surface area contributed by atoms with Crippen LogP contribution in [0.2, 0.25) is 0 Å². The Hall–Kier alpha value is -0.170. The number of rotatable bonds is 4. The molecule has 0 fully saturated rings. The van der Waals surface area contributed by atoms with Gasteiger partial charge in [-0.3, -0.25) is 0 Å². The molecule has 0 aromatic heterocycles. The fourth-order valence-corrected chi connectivity index (χ4v) is 2.68. The lowest BCUT2D eigenvalue weighted by Gasteiger charge is -2.08. The summed E-state index contributed by atoms with van der Waals surface area (Å²) in [6.07, 6.45) is 0. The Morgan fingerprint density at radius 2 is 2.19 bits per heavy atom. The molecule has 1 rings (SSSR count). The van der Waals surface area contributed by atoms with E-state index >= 15 is 0 Å². The molecule has 1 N–H and O–H groups in total. The smallest absolute Gasteiger partial charge is 0.210 e. The average molecular weight is 331 g/mol.